The van der Waals surface area contributed by atoms with E-state index in [1.54, 1.807) is 0 Å². The molecule has 1 fully saturated rings. The van der Waals surface area contributed by atoms with Crippen LogP contribution in [0.5, 0.6) is 0 Å². The van der Waals surface area contributed by atoms with E-state index in [1.165, 1.54) is 0 Å². The zero-order valence-corrected chi connectivity index (χ0v) is 9.74. The van der Waals surface area contributed by atoms with Crippen LogP contribution in [-0.4, -0.2) is 40.1 Å². The summed E-state index contributed by atoms with van der Waals surface area (Å²) in [4.78, 5) is 13.5. The van der Waals surface area contributed by atoms with E-state index in [1.807, 2.05) is 18.7 Å². The molecule has 12 heavy (non-hydrogen) atoms. The number of piperazine rings is 1. The molecule has 0 N–H and O–H groups in total. The summed E-state index contributed by atoms with van der Waals surface area (Å²) in [6.45, 7) is 7.69. The van der Waals surface area contributed by atoms with Crippen LogP contribution < -0.4 is 0 Å². The molecule has 0 bridgehead atoms. The zero-order chi connectivity index (χ0) is 9.14. The summed E-state index contributed by atoms with van der Waals surface area (Å²) in [6.07, 6.45) is 0. The van der Waals surface area contributed by atoms with Gasteiger partial charge in [-0.1, -0.05) is 13.8 Å². The standard InChI is InChI=1S/C8H15IN2O/c1-7(2)8(12)10-3-5-11(9)6-4-10/h7H,3-6H2,1-2H3. The third-order valence-corrected chi connectivity index (χ3v) is 3.00. The van der Waals surface area contributed by atoms with Crippen molar-refractivity contribution in [2.75, 3.05) is 26.2 Å². The van der Waals surface area contributed by atoms with Crippen molar-refractivity contribution in [3.8, 4) is 0 Å². The van der Waals surface area contributed by atoms with Gasteiger partial charge < -0.3 is 4.90 Å². The van der Waals surface area contributed by atoms with Gasteiger partial charge in [0.05, 0.1) is 0 Å². The average Bonchev–Trinajstić information content (AvgIpc) is 2.04. The SMILES string of the molecule is CC(C)C(=O)N1CCN(I)CC1. The maximum atomic E-state index is 11.5. The van der Waals surface area contributed by atoms with Crippen LogP contribution in [0.15, 0.2) is 0 Å². The Bertz CT molecular complexity index is 164. The molecule has 1 saturated heterocycles. The number of rotatable bonds is 1. The van der Waals surface area contributed by atoms with E-state index in [0.717, 1.165) is 26.2 Å². The van der Waals surface area contributed by atoms with Crippen LogP contribution in [0.4, 0.5) is 0 Å². The summed E-state index contributed by atoms with van der Waals surface area (Å²) in [6, 6.07) is 0. The van der Waals surface area contributed by atoms with E-state index in [0.29, 0.717) is 5.91 Å². The molecule has 1 amide bonds. The first-order chi connectivity index (χ1) is 5.61. The Morgan fingerprint density at radius 2 is 1.75 bits per heavy atom. The molecule has 0 saturated carbocycles. The van der Waals surface area contributed by atoms with Crippen molar-refractivity contribution in [3.05, 3.63) is 0 Å². The van der Waals surface area contributed by atoms with Gasteiger partial charge in [0.2, 0.25) is 5.91 Å². The predicted molar refractivity (Wildman–Crippen MR) is 57.0 cm³/mol. The monoisotopic (exact) mass is 282 g/mol. The Hall–Kier alpha value is 0.160. The minimum Gasteiger partial charge on any atom is -0.340 e. The van der Waals surface area contributed by atoms with Crippen molar-refractivity contribution in [1.82, 2.24) is 8.01 Å². The second-order valence-corrected chi connectivity index (χ2v) is 4.75. The summed E-state index contributed by atoms with van der Waals surface area (Å²) in [5, 5.41) is 0. The topological polar surface area (TPSA) is 23.6 Å². The molecular formula is C8H15IN2O. The molecule has 4 heteroatoms. The van der Waals surface area contributed by atoms with Crippen LogP contribution in [0.2, 0.25) is 0 Å². The van der Waals surface area contributed by atoms with Gasteiger partial charge in [0.25, 0.3) is 0 Å². The molecule has 3 nitrogen and oxygen atoms in total. The number of carbonyl (C=O) groups is 1. The Labute approximate surface area is 87.6 Å². The molecule has 0 atom stereocenters. The van der Waals surface area contributed by atoms with E-state index < -0.39 is 0 Å². The summed E-state index contributed by atoms with van der Waals surface area (Å²) in [7, 11) is 0. The minimum absolute atomic E-state index is 0.144. The van der Waals surface area contributed by atoms with E-state index in [2.05, 4.69) is 26.0 Å². The third kappa shape index (κ3) is 2.58. The van der Waals surface area contributed by atoms with Crippen molar-refractivity contribution >= 4 is 28.8 Å². The van der Waals surface area contributed by atoms with Crippen LogP contribution in [0.25, 0.3) is 0 Å². The largest absolute Gasteiger partial charge is 0.340 e. The molecule has 1 aliphatic heterocycles. The van der Waals surface area contributed by atoms with Gasteiger partial charge in [-0.25, -0.2) is 3.11 Å². The number of halogens is 1. The van der Waals surface area contributed by atoms with Crippen LogP contribution in [-0.2, 0) is 4.79 Å². The highest BCUT2D eigenvalue weighted by Gasteiger charge is 2.21. The maximum Gasteiger partial charge on any atom is 0.225 e. The van der Waals surface area contributed by atoms with E-state index in [-0.39, 0.29) is 5.92 Å². The lowest BCUT2D eigenvalue weighted by molar-refractivity contribution is -0.135. The van der Waals surface area contributed by atoms with Crippen molar-refractivity contribution in [3.63, 3.8) is 0 Å². The summed E-state index contributed by atoms with van der Waals surface area (Å²) in [5.74, 6) is 0.435. The average molecular weight is 282 g/mol. The van der Waals surface area contributed by atoms with Gasteiger partial charge in [-0.15, -0.1) is 0 Å². The number of hydrogen-bond acceptors (Lipinski definition) is 2. The fourth-order valence-corrected chi connectivity index (χ4v) is 1.70. The lowest BCUT2D eigenvalue weighted by Crippen LogP contribution is -2.46. The number of carbonyl (C=O) groups excluding carboxylic acids is 1. The molecule has 0 aliphatic carbocycles. The van der Waals surface area contributed by atoms with E-state index >= 15 is 0 Å². The Balaban J connectivity index is 2.39. The molecule has 1 heterocycles. The number of nitrogens with zero attached hydrogens (tertiary/aromatic N) is 2. The van der Waals surface area contributed by atoms with Gasteiger partial charge in [0, 0.05) is 55.0 Å². The number of hydrogen-bond donors (Lipinski definition) is 0. The summed E-state index contributed by atoms with van der Waals surface area (Å²) >= 11 is 2.30. The molecule has 0 spiro atoms. The first kappa shape index (κ1) is 10.2. The van der Waals surface area contributed by atoms with E-state index in [4.69, 9.17) is 0 Å². The minimum atomic E-state index is 0.144. The fourth-order valence-electron chi connectivity index (χ4n) is 1.27. The molecule has 0 unspecified atom stereocenters. The maximum absolute atomic E-state index is 11.5. The highest BCUT2D eigenvalue weighted by molar-refractivity contribution is 14.1. The van der Waals surface area contributed by atoms with Crippen molar-refractivity contribution in [2.24, 2.45) is 5.92 Å². The van der Waals surface area contributed by atoms with Gasteiger partial charge >= 0.3 is 0 Å². The van der Waals surface area contributed by atoms with Crippen LogP contribution in [0, 0.1) is 5.92 Å². The lowest BCUT2D eigenvalue weighted by Gasteiger charge is -2.32. The Morgan fingerprint density at radius 1 is 1.25 bits per heavy atom. The summed E-state index contributed by atoms with van der Waals surface area (Å²) < 4.78 is 2.22. The first-order valence-corrected chi connectivity index (χ1v) is 5.27. The van der Waals surface area contributed by atoms with E-state index in [9.17, 15) is 4.79 Å². The second kappa shape index (κ2) is 4.41. The van der Waals surface area contributed by atoms with Gasteiger partial charge in [-0.2, -0.15) is 0 Å². The highest BCUT2D eigenvalue weighted by atomic mass is 127. The molecule has 1 aliphatic rings. The molecule has 0 aromatic carbocycles. The summed E-state index contributed by atoms with van der Waals surface area (Å²) in [5.41, 5.74) is 0. The molecule has 1 rings (SSSR count). The molecule has 70 valence electrons. The van der Waals surface area contributed by atoms with Gasteiger partial charge in [0.15, 0.2) is 0 Å². The van der Waals surface area contributed by atoms with Crippen LogP contribution in [0.3, 0.4) is 0 Å². The zero-order valence-electron chi connectivity index (χ0n) is 7.59. The highest BCUT2D eigenvalue weighted by Crippen LogP contribution is 2.09. The first-order valence-electron chi connectivity index (χ1n) is 4.31. The smallest absolute Gasteiger partial charge is 0.225 e. The van der Waals surface area contributed by atoms with Crippen LogP contribution >= 0.6 is 22.9 Å². The quantitative estimate of drug-likeness (QED) is 0.532. The fraction of sp³-hybridized carbons (Fsp3) is 0.875. The Kier molecular flexibility index (Phi) is 3.77. The van der Waals surface area contributed by atoms with Gasteiger partial charge in [0.1, 0.15) is 0 Å². The van der Waals surface area contributed by atoms with Crippen molar-refractivity contribution in [1.29, 1.82) is 0 Å². The molecule has 0 aromatic rings. The normalized spacial score (nSPS) is 20.2. The van der Waals surface area contributed by atoms with Crippen molar-refractivity contribution < 1.29 is 4.79 Å². The van der Waals surface area contributed by atoms with Crippen LogP contribution in [0.1, 0.15) is 13.8 Å². The van der Waals surface area contributed by atoms with Gasteiger partial charge in [-0.3, -0.25) is 4.79 Å². The second-order valence-electron chi connectivity index (χ2n) is 3.39. The lowest BCUT2D eigenvalue weighted by atomic mass is 10.2. The molecule has 0 radical (unpaired) electrons. The van der Waals surface area contributed by atoms with Crippen molar-refractivity contribution in [2.45, 2.75) is 13.8 Å². The predicted octanol–water partition coefficient (Wildman–Crippen LogP) is 1.14. The molecular weight excluding hydrogens is 267 g/mol. The Morgan fingerprint density at radius 3 is 2.17 bits per heavy atom. The third-order valence-electron chi connectivity index (χ3n) is 2.03. The number of amides is 1. The van der Waals surface area contributed by atoms with Gasteiger partial charge in [-0.05, 0) is 0 Å². The molecule has 0 aromatic heterocycles.